The van der Waals surface area contributed by atoms with Crippen molar-refractivity contribution in [1.29, 1.82) is 0 Å². The van der Waals surface area contributed by atoms with Crippen LogP contribution < -0.4 is 10.2 Å². The van der Waals surface area contributed by atoms with Gasteiger partial charge in [0.05, 0.1) is 11.4 Å². The topological polar surface area (TPSA) is 35.6 Å². The highest BCUT2D eigenvalue weighted by Gasteiger charge is 2.33. The minimum absolute atomic E-state index is 0.106. The van der Waals surface area contributed by atoms with Crippen LogP contribution in [0.1, 0.15) is 17.2 Å². The second-order valence-corrected chi connectivity index (χ2v) is 6.30. The van der Waals surface area contributed by atoms with Gasteiger partial charge in [0.1, 0.15) is 6.04 Å². The maximum atomic E-state index is 13.0. The number of carbonyl (C=O) groups excluding carboxylic acids is 1. The third kappa shape index (κ3) is 3.22. The maximum absolute atomic E-state index is 13.0. The molecule has 4 nitrogen and oxygen atoms in total. The third-order valence-electron chi connectivity index (χ3n) is 4.16. The molecule has 23 heavy (non-hydrogen) atoms. The molecule has 1 aliphatic rings. The van der Waals surface area contributed by atoms with Gasteiger partial charge in [0.15, 0.2) is 0 Å². The van der Waals surface area contributed by atoms with Gasteiger partial charge in [-0.15, -0.1) is 0 Å². The van der Waals surface area contributed by atoms with Crippen molar-refractivity contribution in [1.82, 2.24) is 4.90 Å². The molecule has 4 heteroatoms. The van der Waals surface area contributed by atoms with Crippen molar-refractivity contribution in [2.75, 3.05) is 37.4 Å². The molecule has 2 aromatic rings. The summed E-state index contributed by atoms with van der Waals surface area (Å²) in [5.41, 5.74) is 4.18. The van der Waals surface area contributed by atoms with Crippen molar-refractivity contribution in [3.63, 3.8) is 0 Å². The Hall–Kier alpha value is -2.33. The minimum atomic E-state index is -0.326. The zero-order valence-corrected chi connectivity index (χ0v) is 13.9. The summed E-state index contributed by atoms with van der Waals surface area (Å²) in [6.07, 6.45) is 0. The van der Waals surface area contributed by atoms with E-state index >= 15 is 0 Å². The first kappa shape index (κ1) is 15.6. The van der Waals surface area contributed by atoms with E-state index in [1.54, 1.807) is 0 Å². The Morgan fingerprint density at radius 2 is 1.87 bits per heavy atom. The summed E-state index contributed by atoms with van der Waals surface area (Å²) in [6.45, 7) is 3.59. The van der Waals surface area contributed by atoms with Crippen molar-refractivity contribution < 1.29 is 4.79 Å². The van der Waals surface area contributed by atoms with Crippen LogP contribution in [0.15, 0.2) is 48.5 Å². The Bertz CT molecular complexity index is 697. The molecule has 0 bridgehead atoms. The zero-order valence-electron chi connectivity index (χ0n) is 13.9. The minimum Gasteiger partial charge on any atom is -0.368 e. The molecule has 0 aliphatic carbocycles. The molecule has 120 valence electrons. The highest BCUT2D eigenvalue weighted by Crippen LogP contribution is 2.37. The van der Waals surface area contributed by atoms with Gasteiger partial charge >= 0.3 is 0 Å². The average Bonchev–Trinajstić information content (AvgIpc) is 2.54. The Kier molecular flexibility index (Phi) is 4.35. The second-order valence-electron chi connectivity index (χ2n) is 6.30. The lowest BCUT2D eigenvalue weighted by Gasteiger charge is -2.36. The largest absolute Gasteiger partial charge is 0.368 e. The van der Waals surface area contributed by atoms with Crippen molar-refractivity contribution >= 4 is 17.3 Å². The van der Waals surface area contributed by atoms with Crippen LogP contribution in [0.3, 0.4) is 0 Å². The summed E-state index contributed by atoms with van der Waals surface area (Å²) in [5.74, 6) is 0.106. The molecule has 0 fully saturated rings. The molecule has 2 aromatic carbocycles. The number of hydrogen-bond acceptors (Lipinski definition) is 3. The third-order valence-corrected chi connectivity index (χ3v) is 4.16. The van der Waals surface area contributed by atoms with Crippen LogP contribution in [-0.4, -0.2) is 38.0 Å². The van der Waals surface area contributed by atoms with Gasteiger partial charge in [-0.25, -0.2) is 0 Å². The van der Waals surface area contributed by atoms with Gasteiger partial charge < -0.3 is 15.1 Å². The predicted molar refractivity (Wildman–Crippen MR) is 94.9 cm³/mol. The van der Waals surface area contributed by atoms with Gasteiger partial charge in [-0.05, 0) is 44.3 Å². The Morgan fingerprint density at radius 1 is 1.13 bits per heavy atom. The fourth-order valence-electron chi connectivity index (χ4n) is 2.89. The number of hydrogen-bond donors (Lipinski definition) is 1. The van der Waals surface area contributed by atoms with E-state index in [9.17, 15) is 4.79 Å². The van der Waals surface area contributed by atoms with E-state index < -0.39 is 0 Å². The molecule has 1 aliphatic heterocycles. The van der Waals surface area contributed by atoms with Gasteiger partial charge in [0, 0.05) is 13.1 Å². The molecule has 1 amide bonds. The SMILES string of the molecule is Cc1ccc2c(c1)NC(c1ccccc1)C(=O)N2CCN(C)C. The van der Waals surface area contributed by atoms with Gasteiger partial charge in [-0.2, -0.15) is 0 Å². The zero-order chi connectivity index (χ0) is 16.4. The monoisotopic (exact) mass is 309 g/mol. The predicted octanol–water partition coefficient (Wildman–Crippen LogP) is 3.06. The smallest absolute Gasteiger partial charge is 0.254 e. The Morgan fingerprint density at radius 3 is 2.57 bits per heavy atom. The number of carbonyl (C=O) groups is 1. The first-order valence-electron chi connectivity index (χ1n) is 7.94. The van der Waals surface area contributed by atoms with E-state index in [0.29, 0.717) is 6.54 Å². The molecule has 0 spiro atoms. The lowest BCUT2D eigenvalue weighted by molar-refractivity contribution is -0.119. The Labute approximate surface area is 137 Å². The standard InChI is InChI=1S/C19H23N3O/c1-14-9-10-17-16(13-14)20-18(15-7-5-4-6-8-15)19(23)22(17)12-11-21(2)3/h4-10,13,18,20H,11-12H2,1-3H3. The van der Waals surface area contributed by atoms with E-state index in [-0.39, 0.29) is 11.9 Å². The highest BCUT2D eigenvalue weighted by atomic mass is 16.2. The molecular weight excluding hydrogens is 286 g/mol. The number of rotatable bonds is 4. The molecule has 1 atom stereocenters. The molecule has 0 saturated carbocycles. The fourth-order valence-corrected chi connectivity index (χ4v) is 2.89. The van der Waals surface area contributed by atoms with Gasteiger partial charge in [-0.1, -0.05) is 36.4 Å². The van der Waals surface area contributed by atoms with Crippen molar-refractivity contribution in [2.45, 2.75) is 13.0 Å². The van der Waals surface area contributed by atoms with Gasteiger partial charge in [0.25, 0.3) is 5.91 Å². The summed E-state index contributed by atoms with van der Waals surface area (Å²) >= 11 is 0. The fraction of sp³-hybridized carbons (Fsp3) is 0.316. The highest BCUT2D eigenvalue weighted by molar-refractivity contribution is 6.05. The summed E-state index contributed by atoms with van der Waals surface area (Å²) < 4.78 is 0. The summed E-state index contributed by atoms with van der Waals surface area (Å²) in [6, 6.07) is 15.8. The van der Waals surface area contributed by atoms with E-state index in [0.717, 1.165) is 23.5 Å². The van der Waals surface area contributed by atoms with Crippen LogP contribution in [0.25, 0.3) is 0 Å². The number of benzene rings is 2. The average molecular weight is 309 g/mol. The second kappa shape index (κ2) is 6.42. The quantitative estimate of drug-likeness (QED) is 0.943. The number of aryl methyl sites for hydroxylation is 1. The van der Waals surface area contributed by atoms with Gasteiger partial charge in [0.2, 0.25) is 0 Å². The molecule has 0 saturated heterocycles. The van der Waals surface area contributed by atoms with Crippen LogP contribution >= 0.6 is 0 Å². The molecule has 0 aromatic heterocycles. The summed E-state index contributed by atoms with van der Waals surface area (Å²) in [4.78, 5) is 17.0. The van der Waals surface area contributed by atoms with Crippen molar-refractivity contribution in [2.24, 2.45) is 0 Å². The van der Waals surface area contributed by atoms with E-state index in [1.165, 1.54) is 5.56 Å². The van der Waals surface area contributed by atoms with Crippen LogP contribution in [0, 0.1) is 6.92 Å². The molecule has 0 radical (unpaired) electrons. The van der Waals surface area contributed by atoms with E-state index in [2.05, 4.69) is 29.3 Å². The number of anilines is 2. The van der Waals surface area contributed by atoms with Crippen LogP contribution in [0.2, 0.25) is 0 Å². The first-order valence-corrected chi connectivity index (χ1v) is 7.94. The number of nitrogens with one attached hydrogen (secondary N) is 1. The van der Waals surface area contributed by atoms with Crippen LogP contribution in [-0.2, 0) is 4.79 Å². The lowest BCUT2D eigenvalue weighted by Crippen LogP contribution is -2.45. The molecule has 1 heterocycles. The number of amides is 1. The number of fused-ring (bicyclic) bond motifs is 1. The summed E-state index contributed by atoms with van der Waals surface area (Å²) in [5, 5.41) is 3.42. The Balaban J connectivity index is 1.99. The molecule has 1 unspecified atom stereocenters. The molecule has 1 N–H and O–H groups in total. The number of likely N-dealkylation sites (N-methyl/N-ethyl adjacent to an activating group) is 1. The molecular formula is C19H23N3O. The lowest BCUT2D eigenvalue weighted by atomic mass is 10.0. The van der Waals surface area contributed by atoms with E-state index in [4.69, 9.17) is 0 Å². The van der Waals surface area contributed by atoms with Gasteiger partial charge in [-0.3, -0.25) is 4.79 Å². The maximum Gasteiger partial charge on any atom is 0.254 e. The molecule has 3 rings (SSSR count). The van der Waals surface area contributed by atoms with Crippen molar-refractivity contribution in [3.05, 3.63) is 59.7 Å². The van der Waals surface area contributed by atoms with Crippen molar-refractivity contribution in [3.8, 4) is 0 Å². The summed E-state index contributed by atoms with van der Waals surface area (Å²) in [7, 11) is 4.05. The van der Waals surface area contributed by atoms with Crippen LogP contribution in [0.5, 0.6) is 0 Å². The first-order chi connectivity index (χ1) is 11.1. The normalized spacial score (nSPS) is 17.1. The van der Waals surface area contributed by atoms with E-state index in [1.807, 2.05) is 55.4 Å². The number of nitrogens with zero attached hydrogens (tertiary/aromatic N) is 2. The van der Waals surface area contributed by atoms with Crippen LogP contribution in [0.4, 0.5) is 11.4 Å².